The average Bonchev–Trinajstić information content (AvgIpc) is 4.11. The Balaban J connectivity index is 0.984. The molecule has 19 nitrogen and oxygen atoms in total. The first kappa shape index (κ1) is 58.4. The van der Waals surface area contributed by atoms with E-state index in [2.05, 4.69) is 25.7 Å². The van der Waals surface area contributed by atoms with Crippen LogP contribution < -0.4 is 41.3 Å². The molecule has 5 heterocycles. The molecule has 0 radical (unpaired) electrons. The molecule has 23 heteroatoms. The highest BCUT2D eigenvalue weighted by molar-refractivity contribution is 6.38. The SMILES string of the molecule is COc1ncccc1-c1ccc([C@H](CO)NC(=O)[C@@H]2CCCN2C(=O)[C@@H](N=C/C(=N\N)c2ccc(COc3c(-c4c(C)c(F)cc(N)c4C=N)c(C(F)(F)F)cc4c(N5C[C@@H]6C[C@H]5CN6)nc(OC[C@H](C)OC)nc34)cc2)C(C)C)cc1. The van der Waals surface area contributed by atoms with Gasteiger partial charge in [-0.1, -0.05) is 62.4 Å². The number of nitrogens with one attached hydrogen (secondary N) is 3. The first-order chi connectivity index (χ1) is 39.4. The first-order valence-corrected chi connectivity index (χ1v) is 26.9. The smallest absolute Gasteiger partial charge is 0.417 e. The van der Waals surface area contributed by atoms with E-state index < -0.39 is 53.3 Å². The Morgan fingerprint density at radius 1 is 1.04 bits per heavy atom. The number of aliphatic imine (C=N–C) groups is 1. The molecule has 6 aromatic rings. The number of halogens is 4. The number of fused-ring (bicyclic) bond motifs is 3. The van der Waals surface area contributed by atoms with Crippen molar-refractivity contribution in [3.8, 4) is 39.9 Å². The second kappa shape index (κ2) is 24.8. The van der Waals surface area contributed by atoms with Crippen LogP contribution in [0.5, 0.6) is 17.6 Å². The van der Waals surface area contributed by atoms with Crippen molar-refractivity contribution in [2.75, 3.05) is 57.7 Å². The molecule has 2 amide bonds. The van der Waals surface area contributed by atoms with Crippen molar-refractivity contribution in [3.05, 3.63) is 118 Å². The van der Waals surface area contributed by atoms with Gasteiger partial charge in [-0.2, -0.15) is 28.2 Å². The molecule has 0 aliphatic carbocycles. The number of carbonyl (C=O) groups excluding carboxylic acids is 2. The van der Waals surface area contributed by atoms with Crippen LogP contribution in [0.2, 0.25) is 0 Å². The molecule has 0 saturated carbocycles. The number of carbonyl (C=O) groups is 2. The zero-order valence-corrected chi connectivity index (χ0v) is 46.3. The molecular formula is C59H66F4N12O7. The lowest BCUT2D eigenvalue weighted by atomic mass is 9.88. The Bertz CT molecular complexity index is 3400. The molecule has 4 aromatic carbocycles. The largest absolute Gasteiger partial charge is 0.486 e. The molecule has 3 fully saturated rings. The number of pyridine rings is 1. The minimum absolute atomic E-state index is 0.00296. The van der Waals surface area contributed by atoms with Gasteiger partial charge < -0.3 is 61.5 Å². The number of rotatable bonds is 21. The van der Waals surface area contributed by atoms with E-state index in [0.717, 1.165) is 35.9 Å². The summed E-state index contributed by atoms with van der Waals surface area (Å²) in [5, 5.41) is 29.1. The lowest BCUT2D eigenvalue weighted by Crippen LogP contribution is -2.50. The number of benzene rings is 4. The number of nitrogens with two attached hydrogens (primary N) is 2. The zero-order valence-electron chi connectivity index (χ0n) is 46.3. The molecule has 82 heavy (non-hydrogen) atoms. The zero-order chi connectivity index (χ0) is 58.6. The number of anilines is 2. The third-order valence-corrected chi connectivity index (χ3v) is 15.3. The highest BCUT2D eigenvalue weighted by Crippen LogP contribution is 2.51. The maximum Gasteiger partial charge on any atom is 0.417 e. The van der Waals surface area contributed by atoms with E-state index in [0.29, 0.717) is 55.0 Å². The summed E-state index contributed by atoms with van der Waals surface area (Å²) in [6.45, 7) is 7.36. The van der Waals surface area contributed by atoms with Crippen LogP contribution in [0.25, 0.3) is 33.2 Å². The van der Waals surface area contributed by atoms with Gasteiger partial charge in [0, 0.05) is 90.1 Å². The number of likely N-dealkylation sites (tertiary alicyclic amines) is 1. The number of piperazine rings is 1. The van der Waals surface area contributed by atoms with Gasteiger partial charge in [0.2, 0.25) is 17.7 Å². The van der Waals surface area contributed by atoms with Crippen molar-refractivity contribution in [2.24, 2.45) is 21.9 Å². The molecule has 9 rings (SSSR count). The molecule has 0 unspecified atom stereocenters. The number of ether oxygens (including phenoxy) is 4. The maximum absolute atomic E-state index is 15.8. The number of nitrogens with zero attached hydrogens (tertiary/aromatic N) is 7. The number of alkyl halides is 3. The van der Waals surface area contributed by atoms with E-state index in [1.807, 2.05) is 36.9 Å². The summed E-state index contributed by atoms with van der Waals surface area (Å²) >= 11 is 0. The lowest BCUT2D eigenvalue weighted by Gasteiger charge is -2.30. The summed E-state index contributed by atoms with van der Waals surface area (Å²) < 4.78 is 86.5. The van der Waals surface area contributed by atoms with E-state index in [1.54, 1.807) is 55.6 Å². The quantitative estimate of drug-likeness (QED) is 0.0134. The summed E-state index contributed by atoms with van der Waals surface area (Å²) in [5.74, 6) is 4.22. The van der Waals surface area contributed by atoms with Gasteiger partial charge in [-0.05, 0) is 85.5 Å². The van der Waals surface area contributed by atoms with Crippen LogP contribution in [0.1, 0.15) is 79.5 Å². The Morgan fingerprint density at radius 2 is 1.79 bits per heavy atom. The summed E-state index contributed by atoms with van der Waals surface area (Å²) in [6.07, 6.45) is 0.0533. The van der Waals surface area contributed by atoms with Crippen LogP contribution in [0, 0.1) is 24.1 Å². The number of amides is 2. The topological polar surface area (TPSA) is 261 Å². The fourth-order valence-electron chi connectivity index (χ4n) is 10.9. The molecule has 432 valence electrons. The molecule has 3 aliphatic heterocycles. The molecule has 2 aromatic heterocycles. The Kier molecular flexibility index (Phi) is 17.7. The van der Waals surface area contributed by atoms with Crippen LogP contribution >= 0.6 is 0 Å². The number of hydrogen-bond acceptors (Lipinski definition) is 17. The van der Waals surface area contributed by atoms with Crippen molar-refractivity contribution in [1.29, 1.82) is 5.41 Å². The van der Waals surface area contributed by atoms with Gasteiger partial charge in [0.05, 0.1) is 37.6 Å². The van der Waals surface area contributed by atoms with Crippen molar-refractivity contribution >= 4 is 52.4 Å². The van der Waals surface area contributed by atoms with Crippen LogP contribution in [0.3, 0.4) is 0 Å². The molecule has 2 bridgehead atoms. The van der Waals surface area contributed by atoms with Crippen LogP contribution in [0.15, 0.2) is 89.1 Å². The number of nitrogen functional groups attached to an aromatic ring is 1. The van der Waals surface area contributed by atoms with Crippen molar-refractivity contribution in [1.82, 2.24) is 30.5 Å². The van der Waals surface area contributed by atoms with E-state index in [1.165, 1.54) is 32.3 Å². The van der Waals surface area contributed by atoms with Gasteiger partial charge in [-0.3, -0.25) is 14.6 Å². The number of aliphatic hydroxyl groups is 1. The maximum atomic E-state index is 15.8. The molecule has 0 spiro atoms. The lowest BCUT2D eigenvalue weighted by molar-refractivity contribution is -0.140. The highest BCUT2D eigenvalue weighted by Gasteiger charge is 2.43. The van der Waals surface area contributed by atoms with E-state index in [4.69, 9.17) is 45.9 Å². The standard InChI is InChI=1S/C59H66F4N12O7/c1-31(2)51(57(78)74-20-8-10-48(74)55(77)70-47(28-76)37-17-15-35(16-18-37)40-9-7-19-67-56(40)80-6)69-26-46(73-66)36-13-11-34(12-14-36)30-81-53-50(49-33(4)44(60)23-45(65)42(49)24-64)43(59(61,62)63)22-41-52(53)71-58(82-29-32(3)79-5)72-54(41)75-27-38-21-39(75)25-68-38/h7,9,11-19,22-24,26,31-32,38-39,47-48,51,64,68,76H,8,10,20-21,25,27-30,65-66H2,1-6H3,(H,70,77)/b64-24?,69-26?,73-46+/t32-,38-,39-,47-,48-,51-/m0/s1. The highest BCUT2D eigenvalue weighted by atomic mass is 19.4. The normalized spacial score (nSPS) is 18.3. The summed E-state index contributed by atoms with van der Waals surface area (Å²) in [7, 11) is 3.04. The second-order valence-corrected chi connectivity index (χ2v) is 20.9. The minimum atomic E-state index is -5.05. The molecular weight excluding hydrogens is 1060 g/mol. The van der Waals surface area contributed by atoms with Crippen LogP contribution in [-0.2, 0) is 27.1 Å². The summed E-state index contributed by atoms with van der Waals surface area (Å²) in [6, 6.07) is 16.8. The number of methoxy groups -OCH3 is 2. The van der Waals surface area contributed by atoms with Gasteiger partial charge in [-0.25, -0.2) is 9.37 Å². The predicted octanol–water partition coefficient (Wildman–Crippen LogP) is 7.56. The van der Waals surface area contributed by atoms with Crippen LogP contribution in [0.4, 0.5) is 29.1 Å². The van der Waals surface area contributed by atoms with Gasteiger partial charge in [0.1, 0.15) is 48.2 Å². The number of hydrogen-bond donors (Lipinski definition) is 6. The van der Waals surface area contributed by atoms with Crippen molar-refractivity contribution in [3.63, 3.8) is 0 Å². The third kappa shape index (κ3) is 12.0. The fraction of sp³-hybridized carbons (Fsp3) is 0.390. The van der Waals surface area contributed by atoms with Gasteiger partial charge >= 0.3 is 12.2 Å². The van der Waals surface area contributed by atoms with E-state index in [-0.39, 0.29) is 100 Å². The van der Waals surface area contributed by atoms with Gasteiger partial charge in [-0.15, -0.1) is 0 Å². The number of aromatic nitrogens is 3. The van der Waals surface area contributed by atoms with E-state index in [9.17, 15) is 14.7 Å². The third-order valence-electron chi connectivity index (χ3n) is 15.3. The molecule has 3 aliphatic rings. The van der Waals surface area contributed by atoms with Crippen molar-refractivity contribution < 1.29 is 51.2 Å². The van der Waals surface area contributed by atoms with Gasteiger partial charge in [0.15, 0.2) is 5.75 Å². The summed E-state index contributed by atoms with van der Waals surface area (Å²) in [4.78, 5) is 50.1. The van der Waals surface area contributed by atoms with Gasteiger partial charge in [0.25, 0.3) is 0 Å². The first-order valence-electron chi connectivity index (χ1n) is 26.9. The molecule has 8 N–H and O–H groups in total. The Morgan fingerprint density at radius 3 is 2.43 bits per heavy atom. The average molecular weight is 1130 g/mol. The Labute approximate surface area is 471 Å². The Hall–Kier alpha value is -8.28. The van der Waals surface area contributed by atoms with Crippen LogP contribution in [-0.4, -0.2) is 132 Å². The molecule has 3 saturated heterocycles. The minimum Gasteiger partial charge on any atom is -0.486 e. The second-order valence-electron chi connectivity index (χ2n) is 20.9. The fourth-order valence-corrected chi connectivity index (χ4v) is 10.9. The summed E-state index contributed by atoms with van der Waals surface area (Å²) in [5.41, 5.74) is 6.92. The van der Waals surface area contributed by atoms with Crippen molar-refractivity contribution in [2.45, 2.75) is 96.1 Å². The van der Waals surface area contributed by atoms with E-state index >= 15 is 17.6 Å². The number of hydrazone groups is 1. The molecule has 6 atom stereocenters. The monoisotopic (exact) mass is 1130 g/mol. The predicted molar refractivity (Wildman–Crippen MR) is 304 cm³/mol. The number of aliphatic hydroxyl groups excluding tert-OH is 1.